The van der Waals surface area contributed by atoms with Crippen LogP contribution in [0.3, 0.4) is 0 Å². The van der Waals surface area contributed by atoms with Crippen molar-refractivity contribution in [3.63, 3.8) is 0 Å². The van der Waals surface area contributed by atoms with Crippen molar-refractivity contribution in [1.29, 1.82) is 0 Å². The van der Waals surface area contributed by atoms with Gasteiger partial charge in [0.25, 0.3) is 0 Å². The Kier molecular flexibility index (Phi) is 3.51. The molecule has 3 rings (SSSR count). The van der Waals surface area contributed by atoms with Crippen LogP contribution in [0.4, 0.5) is 0 Å². The number of hydrogen-bond acceptors (Lipinski definition) is 3. The third kappa shape index (κ3) is 2.69. The van der Waals surface area contributed by atoms with E-state index < -0.39 is 11.9 Å². The molecule has 0 saturated carbocycles. The van der Waals surface area contributed by atoms with Gasteiger partial charge < -0.3 is 9.84 Å². The molecule has 1 heterocycles. The van der Waals surface area contributed by atoms with Gasteiger partial charge in [-0.2, -0.15) is 0 Å². The summed E-state index contributed by atoms with van der Waals surface area (Å²) in [7, 11) is 0. The van der Waals surface area contributed by atoms with Crippen LogP contribution in [0.25, 0.3) is 0 Å². The maximum atomic E-state index is 12.0. The highest BCUT2D eigenvalue weighted by molar-refractivity contribution is 9.10. The first kappa shape index (κ1) is 13.8. The van der Waals surface area contributed by atoms with Gasteiger partial charge in [0, 0.05) is 10.9 Å². The average Bonchev–Trinajstić information content (AvgIpc) is 2.47. The van der Waals surface area contributed by atoms with E-state index in [2.05, 4.69) is 15.9 Å². The Balaban J connectivity index is 1.96. The number of hydrogen-bond donors (Lipinski definition) is 1. The number of carboxylic acid groups (broad SMARTS) is 1. The maximum absolute atomic E-state index is 12.0. The van der Waals surface area contributed by atoms with Crippen LogP contribution >= 0.6 is 15.9 Å². The van der Waals surface area contributed by atoms with Gasteiger partial charge in [0.15, 0.2) is 0 Å². The molecule has 0 fully saturated rings. The number of esters is 1. The van der Waals surface area contributed by atoms with Gasteiger partial charge in [0.2, 0.25) is 0 Å². The van der Waals surface area contributed by atoms with Crippen LogP contribution in [0.2, 0.25) is 0 Å². The molecule has 0 spiro atoms. The zero-order valence-corrected chi connectivity index (χ0v) is 12.5. The van der Waals surface area contributed by atoms with Crippen LogP contribution in [0, 0.1) is 0 Å². The van der Waals surface area contributed by atoms with E-state index >= 15 is 0 Å². The molecule has 0 aliphatic carbocycles. The summed E-state index contributed by atoms with van der Waals surface area (Å²) in [5.41, 5.74) is 2.21. The predicted octanol–water partition coefficient (Wildman–Crippen LogP) is 3.60. The van der Waals surface area contributed by atoms with Crippen LogP contribution in [0.1, 0.15) is 37.9 Å². The molecule has 0 saturated heterocycles. The van der Waals surface area contributed by atoms with Gasteiger partial charge in [-0.3, -0.25) is 0 Å². The number of rotatable bonds is 2. The number of halogens is 1. The molecule has 0 amide bonds. The van der Waals surface area contributed by atoms with Gasteiger partial charge in [0.1, 0.15) is 6.10 Å². The first-order chi connectivity index (χ1) is 10.0. The summed E-state index contributed by atoms with van der Waals surface area (Å²) in [5.74, 6) is -1.42. The topological polar surface area (TPSA) is 63.6 Å². The second-order valence-corrected chi connectivity index (χ2v) is 5.74. The number of fused-ring (bicyclic) bond motifs is 1. The summed E-state index contributed by atoms with van der Waals surface area (Å²) in [6.45, 7) is 0. The van der Waals surface area contributed by atoms with E-state index in [0.717, 1.165) is 10.0 Å². The summed E-state index contributed by atoms with van der Waals surface area (Å²) in [6.07, 6.45) is 0.0891. The summed E-state index contributed by atoms with van der Waals surface area (Å²) >= 11 is 3.36. The minimum absolute atomic E-state index is 0.179. The van der Waals surface area contributed by atoms with Crippen molar-refractivity contribution in [2.75, 3.05) is 0 Å². The van der Waals surface area contributed by atoms with Crippen LogP contribution in [-0.4, -0.2) is 17.0 Å². The van der Waals surface area contributed by atoms with Crippen molar-refractivity contribution in [1.82, 2.24) is 0 Å². The molecule has 106 valence electrons. The summed E-state index contributed by atoms with van der Waals surface area (Å²) in [4.78, 5) is 23.1. The van der Waals surface area contributed by atoms with Crippen molar-refractivity contribution in [3.05, 3.63) is 69.2 Å². The average molecular weight is 347 g/mol. The number of ether oxygens (including phenoxy) is 1. The molecular weight excluding hydrogens is 336 g/mol. The number of carboxylic acids is 1. The maximum Gasteiger partial charge on any atom is 0.339 e. The molecule has 2 aromatic carbocycles. The van der Waals surface area contributed by atoms with E-state index in [4.69, 9.17) is 9.84 Å². The van der Waals surface area contributed by atoms with Crippen molar-refractivity contribution in [2.45, 2.75) is 12.5 Å². The van der Waals surface area contributed by atoms with E-state index in [-0.39, 0.29) is 11.7 Å². The first-order valence-corrected chi connectivity index (χ1v) is 7.16. The van der Waals surface area contributed by atoms with Crippen molar-refractivity contribution < 1.29 is 19.4 Å². The van der Waals surface area contributed by atoms with Crippen LogP contribution in [0.15, 0.2) is 46.9 Å². The summed E-state index contributed by atoms with van der Waals surface area (Å²) in [6, 6.07) is 12.0. The first-order valence-electron chi connectivity index (χ1n) is 6.37. The summed E-state index contributed by atoms with van der Waals surface area (Å²) < 4.78 is 6.38. The van der Waals surface area contributed by atoms with E-state index in [0.29, 0.717) is 17.5 Å². The minimum Gasteiger partial charge on any atom is -0.478 e. The molecule has 1 N–H and O–H groups in total. The van der Waals surface area contributed by atoms with Crippen molar-refractivity contribution >= 4 is 27.9 Å². The Morgan fingerprint density at radius 1 is 1.19 bits per heavy atom. The quantitative estimate of drug-likeness (QED) is 0.843. The van der Waals surface area contributed by atoms with Gasteiger partial charge in [-0.05, 0) is 41.5 Å². The van der Waals surface area contributed by atoms with E-state index in [1.807, 2.05) is 24.3 Å². The van der Waals surface area contributed by atoms with Gasteiger partial charge in [0.05, 0.1) is 11.1 Å². The standard InChI is InChI=1S/C16H11BrO4/c17-12-4-1-9(2-5-12)14-8-11-7-10(15(18)19)3-6-13(11)16(20)21-14/h1-7,14H,8H2,(H,18,19). The van der Waals surface area contributed by atoms with E-state index in [1.54, 1.807) is 6.07 Å². The fourth-order valence-corrected chi connectivity index (χ4v) is 2.66. The third-order valence-electron chi connectivity index (χ3n) is 3.47. The Bertz CT molecular complexity index is 722. The molecule has 1 unspecified atom stereocenters. The number of cyclic esters (lactones) is 1. The molecular formula is C16H11BrO4. The Morgan fingerprint density at radius 2 is 1.90 bits per heavy atom. The number of benzene rings is 2. The molecule has 1 atom stereocenters. The highest BCUT2D eigenvalue weighted by Crippen LogP contribution is 2.31. The number of carbonyl (C=O) groups excluding carboxylic acids is 1. The van der Waals surface area contributed by atoms with Gasteiger partial charge in [-0.25, -0.2) is 9.59 Å². The lowest BCUT2D eigenvalue weighted by atomic mass is 9.93. The van der Waals surface area contributed by atoms with Gasteiger partial charge in [-0.1, -0.05) is 28.1 Å². The molecule has 1 aliphatic rings. The predicted molar refractivity (Wildman–Crippen MR) is 79.4 cm³/mol. The van der Waals surface area contributed by atoms with Gasteiger partial charge in [-0.15, -0.1) is 0 Å². The zero-order valence-electron chi connectivity index (χ0n) is 10.9. The van der Waals surface area contributed by atoms with Crippen molar-refractivity contribution in [2.24, 2.45) is 0 Å². The van der Waals surface area contributed by atoms with Crippen molar-refractivity contribution in [3.8, 4) is 0 Å². The monoisotopic (exact) mass is 346 g/mol. The fourth-order valence-electron chi connectivity index (χ4n) is 2.39. The Labute approximate surface area is 129 Å². The molecule has 0 aromatic heterocycles. The molecule has 1 aliphatic heterocycles. The lowest BCUT2D eigenvalue weighted by Gasteiger charge is -2.25. The lowest BCUT2D eigenvalue weighted by Crippen LogP contribution is -2.22. The summed E-state index contributed by atoms with van der Waals surface area (Å²) in [5, 5.41) is 9.04. The smallest absolute Gasteiger partial charge is 0.339 e. The Morgan fingerprint density at radius 3 is 2.57 bits per heavy atom. The second-order valence-electron chi connectivity index (χ2n) is 4.83. The van der Waals surface area contributed by atoms with E-state index in [1.165, 1.54) is 12.1 Å². The highest BCUT2D eigenvalue weighted by Gasteiger charge is 2.28. The lowest BCUT2D eigenvalue weighted by molar-refractivity contribution is 0.0252. The fraction of sp³-hybridized carbons (Fsp3) is 0.125. The molecule has 4 nitrogen and oxygen atoms in total. The van der Waals surface area contributed by atoms with Crippen LogP contribution in [0.5, 0.6) is 0 Å². The molecule has 5 heteroatoms. The molecule has 2 aromatic rings. The van der Waals surface area contributed by atoms with Gasteiger partial charge >= 0.3 is 11.9 Å². The number of carbonyl (C=O) groups is 2. The minimum atomic E-state index is -1.00. The highest BCUT2D eigenvalue weighted by atomic mass is 79.9. The second kappa shape index (κ2) is 5.33. The zero-order chi connectivity index (χ0) is 15.0. The van der Waals surface area contributed by atoms with E-state index in [9.17, 15) is 9.59 Å². The molecule has 0 bridgehead atoms. The Hall–Kier alpha value is -2.14. The molecule has 0 radical (unpaired) electrons. The largest absolute Gasteiger partial charge is 0.478 e. The SMILES string of the molecule is O=C(O)c1ccc2c(c1)CC(c1ccc(Br)cc1)OC2=O. The number of aromatic carboxylic acids is 1. The normalized spacial score (nSPS) is 17.0. The molecule has 21 heavy (non-hydrogen) atoms. The van der Waals surface area contributed by atoms with Crippen LogP contribution in [-0.2, 0) is 11.2 Å². The van der Waals surface area contributed by atoms with Crippen LogP contribution < -0.4 is 0 Å². The third-order valence-corrected chi connectivity index (χ3v) is 4.00.